The number of aliphatic hydroxyl groups excluding tert-OH is 1. The fourth-order valence-electron chi connectivity index (χ4n) is 2.68. The minimum absolute atomic E-state index is 0.529. The predicted octanol–water partition coefficient (Wildman–Crippen LogP) is 4.73. The molecule has 4 heteroatoms. The van der Waals surface area contributed by atoms with E-state index in [2.05, 4.69) is 35.8 Å². The summed E-state index contributed by atoms with van der Waals surface area (Å²) in [5.41, 5.74) is 3.52. The summed E-state index contributed by atoms with van der Waals surface area (Å²) in [6.07, 6.45) is 0.432. The molecule has 1 heterocycles. The van der Waals surface area contributed by atoms with E-state index in [1.54, 1.807) is 11.3 Å². The highest BCUT2D eigenvalue weighted by molar-refractivity contribution is 7.17. The van der Waals surface area contributed by atoms with Crippen molar-refractivity contribution >= 4 is 33.0 Å². The molecule has 0 amide bonds. The van der Waals surface area contributed by atoms with E-state index in [1.165, 1.54) is 21.2 Å². The van der Waals surface area contributed by atoms with Gasteiger partial charge in [0, 0.05) is 16.3 Å². The molecule has 0 spiro atoms. The lowest BCUT2D eigenvalue weighted by Crippen LogP contribution is -2.23. The van der Waals surface area contributed by atoms with Crippen molar-refractivity contribution in [1.29, 1.82) is 0 Å². The first-order valence-electron chi connectivity index (χ1n) is 7.74. The smallest absolute Gasteiger partial charge is 0.0914 e. The zero-order valence-electron chi connectivity index (χ0n) is 13.1. The molecule has 1 atom stereocenters. The van der Waals surface area contributed by atoms with Crippen molar-refractivity contribution in [2.45, 2.75) is 19.4 Å². The Labute approximate surface area is 145 Å². The third kappa shape index (κ3) is 4.12. The van der Waals surface area contributed by atoms with E-state index in [0.29, 0.717) is 11.6 Å². The Kier molecular flexibility index (Phi) is 5.34. The van der Waals surface area contributed by atoms with Crippen LogP contribution in [0.15, 0.2) is 47.8 Å². The van der Waals surface area contributed by atoms with Crippen LogP contribution in [0, 0.1) is 6.92 Å². The van der Waals surface area contributed by atoms with Crippen LogP contribution in [0.25, 0.3) is 10.1 Å². The summed E-state index contributed by atoms with van der Waals surface area (Å²) in [5.74, 6) is 0. The van der Waals surface area contributed by atoms with Gasteiger partial charge in [-0.1, -0.05) is 35.9 Å². The first-order chi connectivity index (χ1) is 11.1. The molecule has 0 bridgehead atoms. The molecule has 1 unspecified atom stereocenters. The number of thiophene rings is 1. The van der Waals surface area contributed by atoms with Gasteiger partial charge in [-0.3, -0.25) is 0 Å². The Morgan fingerprint density at radius 2 is 2.09 bits per heavy atom. The van der Waals surface area contributed by atoms with Crippen LogP contribution >= 0.6 is 22.9 Å². The van der Waals surface area contributed by atoms with Gasteiger partial charge >= 0.3 is 0 Å². The molecule has 2 nitrogen and oxygen atoms in total. The second-order valence-electron chi connectivity index (χ2n) is 5.79. The van der Waals surface area contributed by atoms with Gasteiger partial charge in [-0.2, -0.15) is 0 Å². The second kappa shape index (κ2) is 7.45. The van der Waals surface area contributed by atoms with Crippen LogP contribution in [-0.2, 0) is 6.42 Å². The Morgan fingerprint density at radius 1 is 1.22 bits per heavy atom. The van der Waals surface area contributed by atoms with Crippen LogP contribution in [0.5, 0.6) is 0 Å². The van der Waals surface area contributed by atoms with Crippen LogP contribution in [0.2, 0.25) is 5.02 Å². The largest absolute Gasteiger partial charge is 0.387 e. The summed E-state index contributed by atoms with van der Waals surface area (Å²) in [7, 11) is 0. The highest BCUT2D eigenvalue weighted by Crippen LogP contribution is 2.27. The molecule has 0 saturated heterocycles. The molecule has 120 valence electrons. The fourth-order valence-corrected chi connectivity index (χ4v) is 3.97. The standard InChI is InChI=1S/C19H20ClNOS/c1-13-5-6-17-15(12-23-19(17)9-13)7-8-21-11-18(22)14-3-2-4-16(20)10-14/h2-6,9-10,12,18,21-22H,7-8,11H2,1H3. The van der Waals surface area contributed by atoms with E-state index in [0.717, 1.165) is 18.5 Å². The van der Waals surface area contributed by atoms with Crippen LogP contribution in [0.4, 0.5) is 0 Å². The molecule has 23 heavy (non-hydrogen) atoms. The monoisotopic (exact) mass is 345 g/mol. The van der Waals surface area contributed by atoms with E-state index in [1.807, 2.05) is 24.3 Å². The van der Waals surface area contributed by atoms with Crippen molar-refractivity contribution in [3.63, 3.8) is 0 Å². The quantitative estimate of drug-likeness (QED) is 0.633. The molecule has 1 aromatic heterocycles. The van der Waals surface area contributed by atoms with Gasteiger partial charge in [0.05, 0.1) is 6.10 Å². The lowest BCUT2D eigenvalue weighted by atomic mass is 10.1. The van der Waals surface area contributed by atoms with Gasteiger partial charge in [0.1, 0.15) is 0 Å². The molecule has 0 aliphatic heterocycles. The van der Waals surface area contributed by atoms with Crippen LogP contribution in [-0.4, -0.2) is 18.2 Å². The number of fused-ring (bicyclic) bond motifs is 1. The van der Waals surface area contributed by atoms with Gasteiger partial charge in [-0.05, 0) is 65.5 Å². The molecule has 0 radical (unpaired) electrons. The molecule has 0 aliphatic rings. The maximum Gasteiger partial charge on any atom is 0.0914 e. The van der Waals surface area contributed by atoms with E-state index in [9.17, 15) is 5.11 Å². The lowest BCUT2D eigenvalue weighted by molar-refractivity contribution is 0.175. The van der Waals surface area contributed by atoms with Crippen molar-refractivity contribution in [3.05, 3.63) is 69.6 Å². The molecule has 3 rings (SSSR count). The molecule has 0 fully saturated rings. The summed E-state index contributed by atoms with van der Waals surface area (Å²) < 4.78 is 1.35. The summed E-state index contributed by atoms with van der Waals surface area (Å²) in [6, 6.07) is 14.0. The van der Waals surface area contributed by atoms with Crippen LogP contribution < -0.4 is 5.32 Å². The molecular weight excluding hydrogens is 326 g/mol. The molecule has 2 aromatic carbocycles. The summed E-state index contributed by atoms with van der Waals surface area (Å²) in [6.45, 7) is 3.50. The average Bonchev–Trinajstić information content (AvgIpc) is 2.93. The third-order valence-corrected chi connectivity index (χ3v) is 5.18. The maximum atomic E-state index is 10.2. The number of halogens is 1. The summed E-state index contributed by atoms with van der Waals surface area (Å²) in [4.78, 5) is 0. The van der Waals surface area contributed by atoms with E-state index in [-0.39, 0.29) is 0 Å². The van der Waals surface area contributed by atoms with Crippen molar-refractivity contribution in [2.75, 3.05) is 13.1 Å². The SMILES string of the molecule is Cc1ccc2c(CCNCC(O)c3cccc(Cl)c3)csc2c1. The van der Waals surface area contributed by atoms with Gasteiger partial charge < -0.3 is 10.4 Å². The number of aliphatic hydroxyl groups is 1. The van der Waals surface area contributed by atoms with Gasteiger partial charge in [0.15, 0.2) is 0 Å². The Hall–Kier alpha value is -1.39. The van der Waals surface area contributed by atoms with Crippen molar-refractivity contribution in [1.82, 2.24) is 5.32 Å². The molecule has 0 aliphatic carbocycles. The number of hydrogen-bond donors (Lipinski definition) is 2. The van der Waals surface area contributed by atoms with Crippen LogP contribution in [0.3, 0.4) is 0 Å². The predicted molar refractivity (Wildman–Crippen MR) is 99.5 cm³/mol. The normalized spacial score (nSPS) is 12.7. The number of nitrogens with one attached hydrogen (secondary N) is 1. The number of aryl methyl sites for hydroxylation is 1. The zero-order valence-corrected chi connectivity index (χ0v) is 14.6. The first-order valence-corrected chi connectivity index (χ1v) is 9.00. The summed E-state index contributed by atoms with van der Waals surface area (Å²) >= 11 is 7.75. The minimum atomic E-state index is -0.532. The maximum absolute atomic E-state index is 10.2. The highest BCUT2D eigenvalue weighted by Gasteiger charge is 2.08. The Morgan fingerprint density at radius 3 is 2.91 bits per heavy atom. The van der Waals surface area contributed by atoms with Crippen LogP contribution in [0.1, 0.15) is 22.8 Å². The molecular formula is C19H20ClNOS. The topological polar surface area (TPSA) is 32.3 Å². The van der Waals surface area contributed by atoms with Crippen molar-refractivity contribution in [2.24, 2.45) is 0 Å². The van der Waals surface area contributed by atoms with Crippen molar-refractivity contribution in [3.8, 4) is 0 Å². The van der Waals surface area contributed by atoms with Gasteiger partial charge in [-0.25, -0.2) is 0 Å². The van der Waals surface area contributed by atoms with Crippen molar-refractivity contribution < 1.29 is 5.11 Å². The molecule has 2 N–H and O–H groups in total. The van der Waals surface area contributed by atoms with E-state index in [4.69, 9.17) is 11.6 Å². The average molecular weight is 346 g/mol. The molecule has 0 saturated carbocycles. The van der Waals surface area contributed by atoms with Gasteiger partial charge in [0.2, 0.25) is 0 Å². The zero-order chi connectivity index (χ0) is 16.2. The first kappa shape index (κ1) is 16.5. The Balaban J connectivity index is 1.53. The number of hydrogen-bond acceptors (Lipinski definition) is 3. The lowest BCUT2D eigenvalue weighted by Gasteiger charge is -2.12. The van der Waals surface area contributed by atoms with Gasteiger partial charge in [-0.15, -0.1) is 11.3 Å². The minimum Gasteiger partial charge on any atom is -0.387 e. The third-order valence-electron chi connectivity index (χ3n) is 3.95. The Bertz CT molecular complexity index is 799. The second-order valence-corrected chi connectivity index (χ2v) is 7.13. The van der Waals surface area contributed by atoms with E-state index >= 15 is 0 Å². The number of rotatable bonds is 6. The highest BCUT2D eigenvalue weighted by atomic mass is 35.5. The number of benzene rings is 2. The fraction of sp³-hybridized carbons (Fsp3) is 0.263. The summed E-state index contributed by atoms with van der Waals surface area (Å²) in [5, 5.41) is 17.7. The molecule has 3 aromatic rings. The van der Waals surface area contributed by atoms with E-state index < -0.39 is 6.10 Å². The van der Waals surface area contributed by atoms with Gasteiger partial charge in [0.25, 0.3) is 0 Å².